The molecule has 2 unspecified atom stereocenters. The van der Waals surface area contributed by atoms with Crippen molar-refractivity contribution in [2.45, 2.75) is 32.4 Å². The standard InChI is InChI=1S/C14H22N2O/c1-4-16-8-7-12(15)14(16)11-5-6-13(17-3)10(2)9-11/h5-6,9,12,14H,4,7-8,15H2,1-3H3. The third kappa shape index (κ3) is 2.31. The van der Waals surface area contributed by atoms with E-state index in [-0.39, 0.29) is 6.04 Å². The SMILES string of the molecule is CCN1CCC(N)C1c1ccc(OC)c(C)c1. The first-order chi connectivity index (χ1) is 8.17. The quantitative estimate of drug-likeness (QED) is 0.870. The van der Waals surface area contributed by atoms with Crippen molar-refractivity contribution in [1.29, 1.82) is 0 Å². The molecule has 1 aliphatic rings. The van der Waals surface area contributed by atoms with E-state index in [0.29, 0.717) is 6.04 Å². The lowest BCUT2D eigenvalue weighted by Gasteiger charge is -2.26. The molecule has 3 nitrogen and oxygen atoms in total. The van der Waals surface area contributed by atoms with Gasteiger partial charge in [0.15, 0.2) is 0 Å². The molecule has 1 aromatic carbocycles. The Morgan fingerprint density at radius 1 is 1.47 bits per heavy atom. The molecule has 17 heavy (non-hydrogen) atoms. The molecule has 1 fully saturated rings. The van der Waals surface area contributed by atoms with Crippen LogP contribution >= 0.6 is 0 Å². The Bertz CT molecular complexity index is 392. The Kier molecular flexibility index (Phi) is 3.69. The first-order valence-corrected chi connectivity index (χ1v) is 6.31. The smallest absolute Gasteiger partial charge is 0.121 e. The van der Waals surface area contributed by atoms with E-state index in [9.17, 15) is 0 Å². The van der Waals surface area contributed by atoms with E-state index in [1.165, 1.54) is 11.1 Å². The van der Waals surface area contributed by atoms with Gasteiger partial charge in [-0.3, -0.25) is 4.90 Å². The number of rotatable bonds is 3. The second-order valence-electron chi connectivity index (χ2n) is 4.76. The topological polar surface area (TPSA) is 38.5 Å². The van der Waals surface area contributed by atoms with Gasteiger partial charge in [0.05, 0.1) is 7.11 Å². The monoisotopic (exact) mass is 234 g/mol. The molecule has 1 saturated heterocycles. The summed E-state index contributed by atoms with van der Waals surface area (Å²) in [5.74, 6) is 0.948. The Morgan fingerprint density at radius 3 is 2.82 bits per heavy atom. The molecular formula is C14H22N2O. The molecule has 2 atom stereocenters. The fourth-order valence-corrected chi connectivity index (χ4v) is 2.78. The molecule has 0 amide bonds. The normalized spacial score (nSPS) is 25.2. The van der Waals surface area contributed by atoms with Crippen molar-refractivity contribution >= 4 is 0 Å². The summed E-state index contributed by atoms with van der Waals surface area (Å²) in [5.41, 5.74) is 8.72. The van der Waals surface area contributed by atoms with Crippen molar-refractivity contribution in [3.63, 3.8) is 0 Å². The molecule has 1 aliphatic heterocycles. The van der Waals surface area contributed by atoms with Crippen LogP contribution in [0.5, 0.6) is 5.75 Å². The minimum Gasteiger partial charge on any atom is -0.496 e. The predicted molar refractivity (Wildman–Crippen MR) is 70.3 cm³/mol. The van der Waals surface area contributed by atoms with Crippen LogP contribution in [0.3, 0.4) is 0 Å². The number of likely N-dealkylation sites (N-methyl/N-ethyl adjacent to an activating group) is 1. The van der Waals surface area contributed by atoms with E-state index in [2.05, 4.69) is 30.9 Å². The highest BCUT2D eigenvalue weighted by atomic mass is 16.5. The van der Waals surface area contributed by atoms with E-state index in [1.807, 2.05) is 6.07 Å². The molecule has 0 radical (unpaired) electrons. The second-order valence-corrected chi connectivity index (χ2v) is 4.76. The molecule has 0 bridgehead atoms. The van der Waals surface area contributed by atoms with Crippen molar-refractivity contribution in [3.8, 4) is 5.75 Å². The van der Waals surface area contributed by atoms with Gasteiger partial charge in [0.25, 0.3) is 0 Å². The summed E-state index contributed by atoms with van der Waals surface area (Å²) < 4.78 is 5.30. The zero-order valence-corrected chi connectivity index (χ0v) is 10.9. The van der Waals surface area contributed by atoms with Gasteiger partial charge in [0.2, 0.25) is 0 Å². The van der Waals surface area contributed by atoms with Gasteiger partial charge in [-0.05, 0) is 37.1 Å². The van der Waals surface area contributed by atoms with Crippen LogP contribution in [-0.2, 0) is 0 Å². The summed E-state index contributed by atoms with van der Waals surface area (Å²) in [6.45, 7) is 6.44. The first kappa shape index (κ1) is 12.4. The number of aryl methyl sites for hydroxylation is 1. The molecule has 0 spiro atoms. The van der Waals surface area contributed by atoms with Gasteiger partial charge in [0.1, 0.15) is 5.75 Å². The van der Waals surface area contributed by atoms with Crippen LogP contribution in [0.1, 0.15) is 30.5 Å². The third-order valence-electron chi connectivity index (χ3n) is 3.72. The van der Waals surface area contributed by atoms with Crippen molar-refractivity contribution in [1.82, 2.24) is 4.90 Å². The molecule has 0 aromatic heterocycles. The van der Waals surface area contributed by atoms with Crippen molar-refractivity contribution in [2.24, 2.45) is 5.73 Å². The Labute approximate surface area is 104 Å². The summed E-state index contributed by atoms with van der Waals surface area (Å²) in [4.78, 5) is 2.45. The number of ether oxygens (including phenoxy) is 1. The summed E-state index contributed by atoms with van der Waals surface area (Å²) in [6.07, 6.45) is 1.09. The largest absolute Gasteiger partial charge is 0.496 e. The minimum atomic E-state index is 0.253. The number of methoxy groups -OCH3 is 1. The fraction of sp³-hybridized carbons (Fsp3) is 0.571. The van der Waals surface area contributed by atoms with E-state index in [1.54, 1.807) is 7.11 Å². The number of hydrogen-bond acceptors (Lipinski definition) is 3. The lowest BCUT2D eigenvalue weighted by atomic mass is 9.98. The van der Waals surface area contributed by atoms with Crippen molar-refractivity contribution in [2.75, 3.05) is 20.2 Å². The van der Waals surface area contributed by atoms with Crippen LogP contribution in [0, 0.1) is 6.92 Å². The van der Waals surface area contributed by atoms with Gasteiger partial charge < -0.3 is 10.5 Å². The van der Waals surface area contributed by atoms with Crippen LogP contribution in [-0.4, -0.2) is 31.1 Å². The lowest BCUT2D eigenvalue weighted by Crippen LogP contribution is -2.31. The fourth-order valence-electron chi connectivity index (χ4n) is 2.78. The number of hydrogen-bond donors (Lipinski definition) is 1. The van der Waals surface area contributed by atoms with Gasteiger partial charge in [0, 0.05) is 18.6 Å². The maximum Gasteiger partial charge on any atom is 0.121 e. The molecule has 1 aromatic rings. The molecule has 0 saturated carbocycles. The third-order valence-corrected chi connectivity index (χ3v) is 3.72. The first-order valence-electron chi connectivity index (χ1n) is 6.31. The van der Waals surface area contributed by atoms with Gasteiger partial charge >= 0.3 is 0 Å². The van der Waals surface area contributed by atoms with Crippen LogP contribution in [0.2, 0.25) is 0 Å². The van der Waals surface area contributed by atoms with Crippen LogP contribution in [0.4, 0.5) is 0 Å². The van der Waals surface area contributed by atoms with E-state index in [0.717, 1.165) is 25.3 Å². The molecule has 3 heteroatoms. The zero-order valence-electron chi connectivity index (χ0n) is 10.9. The molecule has 2 N–H and O–H groups in total. The Balaban J connectivity index is 2.29. The van der Waals surface area contributed by atoms with Crippen molar-refractivity contribution < 1.29 is 4.74 Å². The maximum absolute atomic E-state index is 6.22. The highest BCUT2D eigenvalue weighted by Crippen LogP contribution is 2.32. The van der Waals surface area contributed by atoms with Crippen LogP contribution in [0.15, 0.2) is 18.2 Å². The molecule has 2 rings (SSSR count). The van der Waals surface area contributed by atoms with Gasteiger partial charge in [-0.1, -0.05) is 19.1 Å². The average molecular weight is 234 g/mol. The summed E-state index contributed by atoms with van der Waals surface area (Å²) >= 11 is 0. The van der Waals surface area contributed by atoms with E-state index < -0.39 is 0 Å². The molecule has 94 valence electrons. The van der Waals surface area contributed by atoms with Crippen LogP contribution in [0.25, 0.3) is 0 Å². The van der Waals surface area contributed by atoms with Gasteiger partial charge in [-0.15, -0.1) is 0 Å². The van der Waals surface area contributed by atoms with Gasteiger partial charge in [-0.2, -0.15) is 0 Å². The number of nitrogens with two attached hydrogens (primary N) is 1. The van der Waals surface area contributed by atoms with E-state index >= 15 is 0 Å². The number of nitrogens with zero attached hydrogens (tertiary/aromatic N) is 1. The molecule has 1 heterocycles. The molecular weight excluding hydrogens is 212 g/mol. The summed E-state index contributed by atoms with van der Waals surface area (Å²) in [6, 6.07) is 7.01. The lowest BCUT2D eigenvalue weighted by molar-refractivity contribution is 0.261. The maximum atomic E-state index is 6.22. The zero-order chi connectivity index (χ0) is 12.4. The van der Waals surface area contributed by atoms with Crippen molar-refractivity contribution in [3.05, 3.63) is 29.3 Å². The predicted octanol–water partition coefficient (Wildman–Crippen LogP) is 2.10. The minimum absolute atomic E-state index is 0.253. The highest BCUT2D eigenvalue weighted by molar-refractivity contribution is 5.38. The van der Waals surface area contributed by atoms with Crippen LogP contribution < -0.4 is 10.5 Å². The Hall–Kier alpha value is -1.06. The van der Waals surface area contributed by atoms with Gasteiger partial charge in [-0.25, -0.2) is 0 Å². The average Bonchev–Trinajstić information content (AvgIpc) is 2.70. The number of benzene rings is 1. The summed E-state index contributed by atoms with van der Waals surface area (Å²) in [7, 11) is 1.71. The van der Waals surface area contributed by atoms with E-state index in [4.69, 9.17) is 10.5 Å². The number of likely N-dealkylation sites (tertiary alicyclic amines) is 1. The molecule has 0 aliphatic carbocycles. The highest BCUT2D eigenvalue weighted by Gasteiger charge is 2.31. The summed E-state index contributed by atoms with van der Waals surface area (Å²) in [5, 5.41) is 0. The second kappa shape index (κ2) is 5.07. The Morgan fingerprint density at radius 2 is 2.24 bits per heavy atom.